The summed E-state index contributed by atoms with van der Waals surface area (Å²) < 4.78 is 2.36. The topological polar surface area (TPSA) is 17.8 Å². The Hall–Kier alpha value is -1.31. The summed E-state index contributed by atoms with van der Waals surface area (Å²) in [7, 11) is 0. The maximum atomic E-state index is 4.48. The van der Waals surface area contributed by atoms with Gasteiger partial charge in [0, 0.05) is 6.54 Å². The van der Waals surface area contributed by atoms with Crippen LogP contribution in [0.2, 0.25) is 0 Å². The molecule has 4 rings (SSSR count). The third-order valence-electron chi connectivity index (χ3n) is 4.77. The molecule has 2 aliphatic carbocycles. The van der Waals surface area contributed by atoms with Gasteiger partial charge in [-0.3, -0.25) is 0 Å². The number of hydrogen-bond acceptors (Lipinski definition) is 1. The molecular weight excluding hydrogens is 208 g/mol. The number of hydrogen-bond donors (Lipinski definition) is 0. The van der Waals surface area contributed by atoms with E-state index in [0.29, 0.717) is 0 Å². The van der Waals surface area contributed by atoms with Crippen LogP contribution in [0.1, 0.15) is 25.7 Å². The second kappa shape index (κ2) is 3.59. The standard InChI is InChI=1S/C15H18N2/c1-2-6-12-11(5-1)13(12)9-17-10-16-14-7-3-4-8-15(14)17/h3-4,7-8,10-13H,1-2,5-6,9H2/t11-,12+,13?. The van der Waals surface area contributed by atoms with E-state index in [9.17, 15) is 0 Å². The quantitative estimate of drug-likeness (QED) is 0.766. The Morgan fingerprint density at radius 2 is 1.88 bits per heavy atom. The minimum Gasteiger partial charge on any atom is -0.330 e. The Kier molecular flexibility index (Phi) is 2.05. The molecule has 3 atom stereocenters. The molecule has 1 aromatic heterocycles. The van der Waals surface area contributed by atoms with Gasteiger partial charge in [0.1, 0.15) is 0 Å². The summed E-state index contributed by atoms with van der Waals surface area (Å²) in [5.74, 6) is 3.00. The van der Waals surface area contributed by atoms with Crippen molar-refractivity contribution in [1.82, 2.24) is 9.55 Å². The Morgan fingerprint density at radius 1 is 1.12 bits per heavy atom. The molecule has 1 aromatic carbocycles. The van der Waals surface area contributed by atoms with Gasteiger partial charge in [-0.25, -0.2) is 4.98 Å². The highest BCUT2D eigenvalue weighted by Crippen LogP contribution is 2.56. The number of fused-ring (bicyclic) bond motifs is 2. The molecule has 0 amide bonds. The van der Waals surface area contributed by atoms with Gasteiger partial charge in [-0.05, 0) is 42.7 Å². The molecule has 2 aliphatic rings. The molecule has 88 valence electrons. The molecule has 2 aromatic rings. The van der Waals surface area contributed by atoms with Crippen molar-refractivity contribution in [2.45, 2.75) is 32.2 Å². The highest BCUT2D eigenvalue weighted by Gasteiger charge is 2.50. The Bertz CT molecular complexity index is 531. The van der Waals surface area contributed by atoms with Crippen molar-refractivity contribution in [2.24, 2.45) is 17.8 Å². The van der Waals surface area contributed by atoms with Crippen molar-refractivity contribution >= 4 is 11.0 Å². The van der Waals surface area contributed by atoms with Crippen molar-refractivity contribution in [3.05, 3.63) is 30.6 Å². The molecule has 2 saturated carbocycles. The summed E-state index contributed by atoms with van der Waals surface area (Å²) in [6.07, 6.45) is 7.89. The smallest absolute Gasteiger partial charge is 0.0958 e. The predicted octanol–water partition coefficient (Wildman–Crippen LogP) is 3.47. The number of nitrogens with zero attached hydrogens (tertiary/aromatic N) is 2. The first-order chi connectivity index (χ1) is 8.43. The maximum absolute atomic E-state index is 4.48. The number of aromatic nitrogens is 2. The lowest BCUT2D eigenvalue weighted by molar-refractivity contribution is 0.480. The average molecular weight is 226 g/mol. The lowest BCUT2D eigenvalue weighted by atomic mass is 10.0. The zero-order valence-corrected chi connectivity index (χ0v) is 10.0. The predicted molar refractivity (Wildman–Crippen MR) is 68.7 cm³/mol. The normalized spacial score (nSPS) is 31.4. The van der Waals surface area contributed by atoms with Crippen LogP contribution in [0.5, 0.6) is 0 Å². The molecular formula is C15H18N2. The van der Waals surface area contributed by atoms with Gasteiger partial charge in [0.05, 0.1) is 17.4 Å². The molecule has 1 heterocycles. The molecule has 2 nitrogen and oxygen atoms in total. The lowest BCUT2D eigenvalue weighted by Crippen LogP contribution is -1.99. The van der Waals surface area contributed by atoms with E-state index in [0.717, 1.165) is 23.3 Å². The highest BCUT2D eigenvalue weighted by atomic mass is 15.1. The highest BCUT2D eigenvalue weighted by molar-refractivity contribution is 5.74. The summed E-state index contributed by atoms with van der Waals surface area (Å²) >= 11 is 0. The van der Waals surface area contributed by atoms with E-state index in [1.807, 2.05) is 6.33 Å². The monoisotopic (exact) mass is 226 g/mol. The molecule has 0 aliphatic heterocycles. The summed E-state index contributed by atoms with van der Waals surface area (Å²) in [5, 5.41) is 0. The second-order valence-corrected chi connectivity index (χ2v) is 5.66. The van der Waals surface area contributed by atoms with Gasteiger partial charge in [-0.2, -0.15) is 0 Å². The van der Waals surface area contributed by atoms with Crippen LogP contribution in [0.25, 0.3) is 11.0 Å². The molecule has 0 spiro atoms. The van der Waals surface area contributed by atoms with Crippen molar-refractivity contribution in [1.29, 1.82) is 0 Å². The molecule has 0 N–H and O–H groups in total. The fourth-order valence-corrected chi connectivity index (χ4v) is 3.79. The summed E-state index contributed by atoms with van der Waals surface area (Å²) in [5.41, 5.74) is 2.44. The van der Waals surface area contributed by atoms with Crippen LogP contribution in [-0.2, 0) is 6.54 Å². The summed E-state index contributed by atoms with van der Waals surface area (Å²) in [6.45, 7) is 1.19. The third kappa shape index (κ3) is 1.50. The molecule has 0 saturated heterocycles. The largest absolute Gasteiger partial charge is 0.330 e. The maximum Gasteiger partial charge on any atom is 0.0958 e. The van der Waals surface area contributed by atoms with Crippen LogP contribution in [0, 0.1) is 17.8 Å². The van der Waals surface area contributed by atoms with Crippen LogP contribution in [-0.4, -0.2) is 9.55 Å². The van der Waals surface area contributed by atoms with Crippen LogP contribution in [0.3, 0.4) is 0 Å². The first-order valence-corrected chi connectivity index (χ1v) is 6.83. The van der Waals surface area contributed by atoms with Crippen molar-refractivity contribution in [3.8, 4) is 0 Å². The minimum atomic E-state index is 0.940. The van der Waals surface area contributed by atoms with Crippen LogP contribution < -0.4 is 0 Å². The fourth-order valence-electron chi connectivity index (χ4n) is 3.79. The van der Waals surface area contributed by atoms with Crippen molar-refractivity contribution in [3.63, 3.8) is 0 Å². The average Bonchev–Trinajstić information content (AvgIpc) is 2.92. The lowest BCUT2D eigenvalue weighted by Gasteiger charge is -2.04. The zero-order chi connectivity index (χ0) is 11.2. The Labute approximate surface area is 102 Å². The minimum absolute atomic E-state index is 0.940. The number of rotatable bonds is 2. The van der Waals surface area contributed by atoms with Gasteiger partial charge in [-0.15, -0.1) is 0 Å². The molecule has 1 unspecified atom stereocenters. The van der Waals surface area contributed by atoms with Gasteiger partial charge in [0.15, 0.2) is 0 Å². The van der Waals surface area contributed by atoms with E-state index >= 15 is 0 Å². The number of para-hydroxylation sites is 2. The van der Waals surface area contributed by atoms with Gasteiger partial charge in [0.2, 0.25) is 0 Å². The van der Waals surface area contributed by atoms with E-state index in [1.165, 1.54) is 37.7 Å². The van der Waals surface area contributed by atoms with E-state index in [4.69, 9.17) is 0 Å². The number of benzene rings is 1. The van der Waals surface area contributed by atoms with E-state index in [1.54, 1.807) is 0 Å². The van der Waals surface area contributed by atoms with Crippen LogP contribution in [0.4, 0.5) is 0 Å². The van der Waals surface area contributed by atoms with E-state index < -0.39 is 0 Å². The Balaban J connectivity index is 1.59. The SMILES string of the molecule is c1ccc2c(c1)ncn2CC1[C@H]2CCCC[C@@H]12. The van der Waals surface area contributed by atoms with Crippen LogP contribution in [0.15, 0.2) is 30.6 Å². The number of imidazole rings is 1. The molecule has 0 bridgehead atoms. The fraction of sp³-hybridized carbons (Fsp3) is 0.533. The molecule has 2 heteroatoms. The Morgan fingerprint density at radius 3 is 2.71 bits per heavy atom. The zero-order valence-electron chi connectivity index (χ0n) is 10.0. The molecule has 17 heavy (non-hydrogen) atoms. The first kappa shape index (κ1) is 9.69. The summed E-state index contributed by atoms with van der Waals surface area (Å²) in [6, 6.07) is 8.47. The third-order valence-corrected chi connectivity index (χ3v) is 4.77. The van der Waals surface area contributed by atoms with Gasteiger partial charge in [0.25, 0.3) is 0 Å². The van der Waals surface area contributed by atoms with Crippen molar-refractivity contribution < 1.29 is 0 Å². The van der Waals surface area contributed by atoms with Gasteiger partial charge >= 0.3 is 0 Å². The molecule has 2 fully saturated rings. The van der Waals surface area contributed by atoms with E-state index in [-0.39, 0.29) is 0 Å². The first-order valence-electron chi connectivity index (χ1n) is 6.83. The van der Waals surface area contributed by atoms with Crippen molar-refractivity contribution in [2.75, 3.05) is 0 Å². The van der Waals surface area contributed by atoms with E-state index in [2.05, 4.69) is 33.8 Å². The van der Waals surface area contributed by atoms with Gasteiger partial charge in [-0.1, -0.05) is 25.0 Å². The molecule has 0 radical (unpaired) electrons. The summed E-state index contributed by atoms with van der Waals surface area (Å²) in [4.78, 5) is 4.48. The second-order valence-electron chi connectivity index (χ2n) is 5.66. The van der Waals surface area contributed by atoms with Gasteiger partial charge < -0.3 is 4.57 Å². The van der Waals surface area contributed by atoms with Crippen LogP contribution >= 0.6 is 0 Å².